The molecule has 1 aliphatic heterocycles. The summed E-state index contributed by atoms with van der Waals surface area (Å²) in [5.74, 6) is -4.25. The number of anilines is 1. The van der Waals surface area contributed by atoms with Crippen LogP contribution in [0.5, 0.6) is 0 Å². The number of hydrogen-bond acceptors (Lipinski definition) is 7. The smallest absolute Gasteiger partial charge is 0.274 e. The molecule has 36 heavy (non-hydrogen) atoms. The molecule has 1 fully saturated rings. The lowest BCUT2D eigenvalue weighted by molar-refractivity contribution is -0.0925. The number of hydrogen-bond donors (Lipinski definition) is 1. The van der Waals surface area contributed by atoms with Crippen LogP contribution in [-0.2, 0) is 0 Å². The van der Waals surface area contributed by atoms with Crippen molar-refractivity contribution in [1.29, 1.82) is 0 Å². The molecule has 6 rings (SSSR count). The highest BCUT2D eigenvalue weighted by Crippen LogP contribution is 2.48. The fraction of sp³-hybridized carbons (Fsp3) is 0.250. The number of nitrogens with one attached hydrogen (secondary N) is 1. The van der Waals surface area contributed by atoms with Crippen LogP contribution in [-0.4, -0.2) is 42.8 Å². The van der Waals surface area contributed by atoms with Crippen molar-refractivity contribution >= 4 is 28.7 Å². The van der Waals surface area contributed by atoms with Crippen LogP contribution in [0.15, 0.2) is 57.5 Å². The first-order valence-electron chi connectivity index (χ1n) is 11.2. The lowest BCUT2D eigenvalue weighted by Crippen LogP contribution is -2.33. The molecule has 0 unspecified atom stereocenters. The van der Waals surface area contributed by atoms with Gasteiger partial charge in [-0.25, -0.2) is 18.2 Å². The van der Waals surface area contributed by atoms with Gasteiger partial charge in [-0.2, -0.15) is 15.2 Å². The minimum Gasteiger partial charge on any atom is -0.339 e. The third kappa shape index (κ3) is 3.93. The summed E-state index contributed by atoms with van der Waals surface area (Å²) in [6, 6.07) is 7.55. The van der Waals surface area contributed by atoms with Crippen LogP contribution in [0.25, 0.3) is 17.0 Å². The van der Waals surface area contributed by atoms with Gasteiger partial charge < -0.3 is 9.84 Å². The second-order valence-corrected chi connectivity index (χ2v) is 8.91. The van der Waals surface area contributed by atoms with Crippen LogP contribution in [0.2, 0.25) is 0 Å². The Balaban J connectivity index is 1.24. The predicted molar refractivity (Wildman–Crippen MR) is 124 cm³/mol. The largest absolute Gasteiger partial charge is 0.339 e. The predicted octanol–water partition coefficient (Wildman–Crippen LogP) is 4.86. The Bertz CT molecular complexity index is 1580. The second kappa shape index (κ2) is 8.11. The van der Waals surface area contributed by atoms with Gasteiger partial charge in [0, 0.05) is 48.2 Å². The number of rotatable bonds is 5. The molecule has 4 heterocycles. The molecule has 1 saturated carbocycles. The van der Waals surface area contributed by atoms with Crippen LogP contribution < -0.4 is 5.32 Å². The van der Waals surface area contributed by atoms with Crippen molar-refractivity contribution in [3.63, 3.8) is 0 Å². The Morgan fingerprint density at radius 3 is 2.72 bits per heavy atom. The zero-order valence-electron chi connectivity index (χ0n) is 18.9. The summed E-state index contributed by atoms with van der Waals surface area (Å²) in [6.45, 7) is 1.88. The Morgan fingerprint density at radius 2 is 1.97 bits per heavy atom. The van der Waals surface area contributed by atoms with E-state index >= 15 is 0 Å². The molecule has 1 N–H and O–H groups in total. The van der Waals surface area contributed by atoms with Gasteiger partial charge in [0.05, 0.1) is 17.6 Å². The van der Waals surface area contributed by atoms with Crippen LogP contribution >= 0.6 is 0 Å². The molecular formula is C24H18F3N7O2. The number of pyridine rings is 1. The standard InChI is InChI=1S/C24H18F3N7O2/c1-12-6-17(32-31-12)14-3-5-20-28-10-19(34(20)11-14)22(35)29-18-7-13(2-4-16(18)25)21-30-23(36-33-21)15-8-24(26,27)9-15/h2-5,7,10-11,15H,6,8-9H2,1H3,(H,29,35). The fourth-order valence-corrected chi connectivity index (χ4v) is 4.24. The third-order valence-corrected chi connectivity index (χ3v) is 6.19. The number of alkyl halides is 2. The topological polar surface area (TPSA) is 110 Å². The molecule has 1 amide bonds. The van der Waals surface area contributed by atoms with Gasteiger partial charge in [0.15, 0.2) is 0 Å². The van der Waals surface area contributed by atoms with E-state index < -0.39 is 23.6 Å². The van der Waals surface area contributed by atoms with E-state index in [1.54, 1.807) is 16.7 Å². The van der Waals surface area contributed by atoms with Gasteiger partial charge >= 0.3 is 0 Å². The quantitative estimate of drug-likeness (QED) is 0.427. The number of nitrogens with zero attached hydrogens (tertiary/aromatic N) is 6. The van der Waals surface area contributed by atoms with Crippen molar-refractivity contribution < 1.29 is 22.5 Å². The van der Waals surface area contributed by atoms with E-state index in [-0.39, 0.29) is 35.9 Å². The number of imidazole rings is 1. The number of halogens is 3. The molecular weight excluding hydrogens is 475 g/mol. The van der Waals surface area contributed by atoms with Crippen molar-refractivity contribution in [1.82, 2.24) is 19.5 Å². The molecule has 0 spiro atoms. The maximum absolute atomic E-state index is 14.6. The van der Waals surface area contributed by atoms with Gasteiger partial charge in [0.25, 0.3) is 5.91 Å². The molecule has 182 valence electrons. The number of carbonyl (C=O) groups excluding carboxylic acids is 1. The van der Waals surface area contributed by atoms with E-state index in [2.05, 4.69) is 30.6 Å². The highest BCUT2D eigenvalue weighted by Gasteiger charge is 2.48. The Morgan fingerprint density at radius 1 is 1.17 bits per heavy atom. The third-order valence-electron chi connectivity index (χ3n) is 6.19. The monoisotopic (exact) mass is 493 g/mol. The summed E-state index contributed by atoms with van der Waals surface area (Å²) in [4.78, 5) is 21.5. The minimum atomic E-state index is -2.72. The molecule has 1 aromatic carbocycles. The maximum Gasteiger partial charge on any atom is 0.274 e. The second-order valence-electron chi connectivity index (χ2n) is 8.91. The summed E-state index contributed by atoms with van der Waals surface area (Å²) in [7, 11) is 0. The molecule has 0 atom stereocenters. The van der Waals surface area contributed by atoms with E-state index in [9.17, 15) is 18.0 Å². The van der Waals surface area contributed by atoms with Crippen molar-refractivity contribution in [2.24, 2.45) is 10.2 Å². The molecule has 0 bridgehead atoms. The van der Waals surface area contributed by atoms with Crippen molar-refractivity contribution in [2.75, 3.05) is 5.32 Å². The van der Waals surface area contributed by atoms with E-state index in [0.29, 0.717) is 17.6 Å². The van der Waals surface area contributed by atoms with E-state index in [4.69, 9.17) is 4.52 Å². The summed E-state index contributed by atoms with van der Waals surface area (Å²) in [5.41, 5.74) is 3.45. The molecule has 0 radical (unpaired) electrons. The molecule has 3 aromatic heterocycles. The van der Waals surface area contributed by atoms with Gasteiger partial charge in [-0.1, -0.05) is 5.16 Å². The minimum absolute atomic E-state index is 0.102. The Labute approximate surface area is 201 Å². The first kappa shape index (κ1) is 22.1. The zero-order chi connectivity index (χ0) is 25.0. The number of aromatic nitrogens is 4. The lowest BCUT2D eigenvalue weighted by Gasteiger charge is -2.31. The van der Waals surface area contributed by atoms with Crippen molar-refractivity contribution in [3.05, 3.63) is 65.7 Å². The number of fused-ring (bicyclic) bond motifs is 1. The highest BCUT2D eigenvalue weighted by molar-refractivity contribution is 6.14. The molecule has 2 aliphatic rings. The van der Waals surface area contributed by atoms with Gasteiger partial charge in [-0.3, -0.25) is 9.20 Å². The van der Waals surface area contributed by atoms with Gasteiger partial charge in [-0.05, 0) is 37.3 Å². The summed E-state index contributed by atoms with van der Waals surface area (Å²) in [6.07, 6.45) is 3.05. The SMILES string of the molecule is CC1=NN=C(c2ccc3ncc(C(=O)Nc4cc(-c5noc(C6CC(F)(F)C6)n5)ccc4F)n3c2)C1. The Hall–Kier alpha value is -4.35. The number of carbonyl (C=O) groups is 1. The lowest BCUT2D eigenvalue weighted by atomic mass is 9.81. The number of benzene rings is 1. The Kier molecular flexibility index (Phi) is 4.99. The molecule has 12 heteroatoms. The summed E-state index contributed by atoms with van der Waals surface area (Å²) >= 11 is 0. The fourth-order valence-electron chi connectivity index (χ4n) is 4.24. The first-order valence-corrected chi connectivity index (χ1v) is 11.2. The van der Waals surface area contributed by atoms with Crippen molar-refractivity contribution in [3.8, 4) is 11.4 Å². The van der Waals surface area contributed by atoms with Gasteiger partial charge in [-0.15, -0.1) is 0 Å². The summed E-state index contributed by atoms with van der Waals surface area (Å²) < 4.78 is 47.6. The summed E-state index contributed by atoms with van der Waals surface area (Å²) in [5, 5.41) is 14.6. The molecule has 9 nitrogen and oxygen atoms in total. The highest BCUT2D eigenvalue weighted by atomic mass is 19.3. The van der Waals surface area contributed by atoms with Crippen LogP contribution in [0.3, 0.4) is 0 Å². The molecule has 1 aliphatic carbocycles. The van der Waals surface area contributed by atoms with Gasteiger partial charge in [0.1, 0.15) is 17.2 Å². The van der Waals surface area contributed by atoms with Crippen molar-refractivity contribution in [2.45, 2.75) is 38.0 Å². The average molecular weight is 493 g/mol. The van der Waals surface area contributed by atoms with Crippen LogP contribution in [0.1, 0.15) is 54.0 Å². The van der Waals surface area contributed by atoms with E-state index in [0.717, 1.165) is 23.1 Å². The van der Waals surface area contributed by atoms with Crippen LogP contribution in [0, 0.1) is 5.82 Å². The van der Waals surface area contributed by atoms with Crippen LogP contribution in [0.4, 0.5) is 18.9 Å². The van der Waals surface area contributed by atoms with Gasteiger partial charge in [0.2, 0.25) is 17.6 Å². The number of amides is 1. The molecule has 0 saturated heterocycles. The average Bonchev–Trinajstić information content (AvgIpc) is 3.58. The zero-order valence-corrected chi connectivity index (χ0v) is 18.9. The molecule has 4 aromatic rings. The normalized spacial score (nSPS) is 17.1. The first-order chi connectivity index (χ1) is 17.3. The maximum atomic E-state index is 14.6. The van der Waals surface area contributed by atoms with E-state index in [1.807, 2.05) is 13.0 Å². The van der Waals surface area contributed by atoms with E-state index in [1.165, 1.54) is 18.3 Å².